The predicted octanol–water partition coefficient (Wildman–Crippen LogP) is 2.21. The SMILES string of the molecule is C=CCSc1nnc(NC(=O)[C@@H]2CCCN2S(=O)(=O)c2c(C)noc2C)s1. The number of anilines is 1. The number of rotatable bonds is 7. The maximum absolute atomic E-state index is 13.0. The van der Waals surface area contributed by atoms with Crippen molar-refractivity contribution in [1.82, 2.24) is 19.7 Å². The van der Waals surface area contributed by atoms with Gasteiger partial charge in [0.05, 0.1) is 0 Å². The average Bonchev–Trinajstić information content (AvgIpc) is 3.33. The molecule has 12 heteroatoms. The molecule has 0 unspecified atom stereocenters. The molecule has 0 radical (unpaired) electrons. The first kappa shape index (κ1) is 20.0. The van der Waals surface area contributed by atoms with E-state index < -0.39 is 22.0 Å². The van der Waals surface area contributed by atoms with Crippen LogP contribution in [0.5, 0.6) is 0 Å². The molecule has 1 amide bonds. The van der Waals surface area contributed by atoms with Gasteiger partial charge in [-0.25, -0.2) is 8.42 Å². The van der Waals surface area contributed by atoms with Crippen LogP contribution in [0.15, 0.2) is 26.4 Å². The fourth-order valence-electron chi connectivity index (χ4n) is 2.89. The maximum Gasteiger partial charge on any atom is 0.249 e. The van der Waals surface area contributed by atoms with Gasteiger partial charge in [0, 0.05) is 12.3 Å². The lowest BCUT2D eigenvalue weighted by Gasteiger charge is -2.22. The Morgan fingerprint density at radius 1 is 1.48 bits per heavy atom. The molecule has 27 heavy (non-hydrogen) atoms. The fourth-order valence-corrected chi connectivity index (χ4v) is 6.35. The molecule has 0 bridgehead atoms. The molecule has 1 saturated heterocycles. The normalized spacial score (nSPS) is 17.9. The van der Waals surface area contributed by atoms with Crippen molar-refractivity contribution >= 4 is 44.2 Å². The second-order valence-electron chi connectivity index (χ2n) is 5.89. The summed E-state index contributed by atoms with van der Waals surface area (Å²) < 4.78 is 33.0. The molecule has 0 aliphatic carbocycles. The standard InChI is InChI=1S/C15H19N5O4S3/c1-4-8-25-15-18-17-14(26-15)16-13(21)11-6-5-7-20(11)27(22,23)12-9(2)19-24-10(12)3/h4,11H,1,5-8H2,2-3H3,(H,16,17,21)/t11-/m0/s1. The molecule has 1 fully saturated rings. The van der Waals surface area contributed by atoms with Crippen LogP contribution >= 0.6 is 23.1 Å². The third kappa shape index (κ3) is 4.08. The number of amides is 1. The summed E-state index contributed by atoms with van der Waals surface area (Å²) in [5.41, 5.74) is 0.284. The second-order valence-corrected chi connectivity index (χ2v) is 9.96. The first-order chi connectivity index (χ1) is 12.8. The number of aromatic nitrogens is 3. The van der Waals surface area contributed by atoms with Gasteiger partial charge in [0.2, 0.25) is 21.1 Å². The summed E-state index contributed by atoms with van der Waals surface area (Å²) in [6.07, 6.45) is 2.78. The molecule has 2 aromatic rings. The van der Waals surface area contributed by atoms with Crippen LogP contribution in [-0.4, -0.2) is 52.3 Å². The number of hydrogen-bond donors (Lipinski definition) is 1. The summed E-state index contributed by atoms with van der Waals surface area (Å²) in [5.74, 6) is 0.486. The van der Waals surface area contributed by atoms with Crippen molar-refractivity contribution in [2.24, 2.45) is 0 Å². The summed E-state index contributed by atoms with van der Waals surface area (Å²) in [4.78, 5) is 12.7. The van der Waals surface area contributed by atoms with Crippen LogP contribution < -0.4 is 5.32 Å². The van der Waals surface area contributed by atoms with Gasteiger partial charge in [0.1, 0.15) is 16.6 Å². The molecule has 2 aromatic heterocycles. The quantitative estimate of drug-likeness (QED) is 0.404. The molecule has 3 rings (SSSR count). The fraction of sp³-hybridized carbons (Fsp3) is 0.467. The van der Waals surface area contributed by atoms with E-state index in [1.807, 2.05) is 0 Å². The zero-order valence-electron chi connectivity index (χ0n) is 14.8. The zero-order valence-corrected chi connectivity index (χ0v) is 17.3. The first-order valence-corrected chi connectivity index (χ1v) is 11.4. The molecule has 1 aliphatic rings. The van der Waals surface area contributed by atoms with Crippen molar-refractivity contribution in [2.45, 2.75) is 42.0 Å². The summed E-state index contributed by atoms with van der Waals surface area (Å²) in [7, 11) is -3.88. The Kier molecular flexibility index (Phi) is 5.99. The van der Waals surface area contributed by atoms with Crippen LogP contribution in [0.2, 0.25) is 0 Å². The van der Waals surface area contributed by atoms with E-state index in [0.717, 1.165) is 0 Å². The Hall–Kier alpha value is -1.76. The number of nitrogens with one attached hydrogen (secondary N) is 1. The molecule has 0 saturated carbocycles. The lowest BCUT2D eigenvalue weighted by molar-refractivity contribution is -0.119. The number of carbonyl (C=O) groups is 1. The molecule has 3 heterocycles. The Labute approximate surface area is 165 Å². The van der Waals surface area contributed by atoms with E-state index in [2.05, 4.69) is 27.2 Å². The van der Waals surface area contributed by atoms with Gasteiger partial charge in [0.15, 0.2) is 10.1 Å². The van der Waals surface area contributed by atoms with E-state index in [4.69, 9.17) is 4.52 Å². The van der Waals surface area contributed by atoms with Crippen molar-refractivity contribution in [3.8, 4) is 0 Å². The molecule has 0 spiro atoms. The molecule has 1 atom stereocenters. The minimum absolute atomic E-state index is 0.0289. The van der Waals surface area contributed by atoms with Crippen LogP contribution in [0, 0.1) is 13.8 Å². The molecule has 1 N–H and O–H groups in total. The maximum atomic E-state index is 13.0. The summed E-state index contributed by atoms with van der Waals surface area (Å²) >= 11 is 2.70. The van der Waals surface area contributed by atoms with E-state index in [-0.39, 0.29) is 22.9 Å². The largest absolute Gasteiger partial charge is 0.360 e. The van der Waals surface area contributed by atoms with Crippen LogP contribution in [-0.2, 0) is 14.8 Å². The van der Waals surface area contributed by atoms with Gasteiger partial charge < -0.3 is 4.52 Å². The summed E-state index contributed by atoms with van der Waals surface area (Å²) in [5, 5.41) is 14.6. The van der Waals surface area contributed by atoms with E-state index in [9.17, 15) is 13.2 Å². The highest BCUT2D eigenvalue weighted by Crippen LogP contribution is 2.31. The predicted molar refractivity (Wildman–Crippen MR) is 102 cm³/mol. The highest BCUT2D eigenvalue weighted by atomic mass is 32.2. The molecule has 146 valence electrons. The number of thioether (sulfide) groups is 1. The molecule has 0 aromatic carbocycles. The van der Waals surface area contributed by atoms with Gasteiger partial charge in [-0.2, -0.15) is 4.31 Å². The van der Waals surface area contributed by atoms with Crippen molar-refractivity contribution in [3.63, 3.8) is 0 Å². The lowest BCUT2D eigenvalue weighted by atomic mass is 10.2. The summed E-state index contributed by atoms with van der Waals surface area (Å²) in [6, 6.07) is -0.808. The van der Waals surface area contributed by atoms with Gasteiger partial charge in [-0.15, -0.1) is 16.8 Å². The van der Waals surface area contributed by atoms with Crippen molar-refractivity contribution < 1.29 is 17.7 Å². The minimum atomic E-state index is -3.88. The Morgan fingerprint density at radius 3 is 2.93 bits per heavy atom. The van der Waals surface area contributed by atoms with E-state index in [1.54, 1.807) is 19.9 Å². The van der Waals surface area contributed by atoms with Crippen LogP contribution in [0.25, 0.3) is 0 Å². The summed E-state index contributed by atoms with van der Waals surface area (Å²) in [6.45, 7) is 7.02. The molecule has 1 aliphatic heterocycles. The lowest BCUT2D eigenvalue weighted by Crippen LogP contribution is -2.43. The van der Waals surface area contributed by atoms with E-state index in [0.29, 0.717) is 28.1 Å². The van der Waals surface area contributed by atoms with Gasteiger partial charge in [-0.05, 0) is 26.7 Å². The molecular weight excluding hydrogens is 410 g/mol. The minimum Gasteiger partial charge on any atom is -0.360 e. The number of hydrogen-bond acceptors (Lipinski definition) is 9. The van der Waals surface area contributed by atoms with Gasteiger partial charge in [0.25, 0.3) is 0 Å². The smallest absolute Gasteiger partial charge is 0.249 e. The highest BCUT2D eigenvalue weighted by molar-refractivity contribution is 8.01. The number of nitrogens with zero attached hydrogens (tertiary/aromatic N) is 4. The third-order valence-electron chi connectivity index (χ3n) is 4.00. The van der Waals surface area contributed by atoms with Gasteiger partial charge in [-0.1, -0.05) is 34.3 Å². The zero-order chi connectivity index (χ0) is 19.6. The Morgan fingerprint density at radius 2 is 2.26 bits per heavy atom. The number of carbonyl (C=O) groups excluding carboxylic acids is 1. The average molecular weight is 430 g/mol. The van der Waals surface area contributed by atoms with Crippen LogP contribution in [0.1, 0.15) is 24.3 Å². The molecule has 9 nitrogen and oxygen atoms in total. The number of aryl methyl sites for hydroxylation is 2. The number of sulfonamides is 1. The van der Waals surface area contributed by atoms with Gasteiger partial charge in [-0.3, -0.25) is 10.1 Å². The molecular formula is C15H19N5O4S3. The highest BCUT2D eigenvalue weighted by Gasteiger charge is 2.42. The van der Waals surface area contributed by atoms with Crippen LogP contribution in [0.3, 0.4) is 0 Å². The third-order valence-corrected chi connectivity index (χ3v) is 8.12. The van der Waals surface area contributed by atoms with E-state index >= 15 is 0 Å². The monoisotopic (exact) mass is 429 g/mol. The topological polar surface area (TPSA) is 118 Å². The van der Waals surface area contributed by atoms with Crippen molar-refractivity contribution in [2.75, 3.05) is 17.6 Å². The first-order valence-electron chi connectivity index (χ1n) is 8.17. The Bertz CT molecular complexity index is 933. The van der Waals surface area contributed by atoms with Crippen molar-refractivity contribution in [3.05, 3.63) is 24.1 Å². The second kappa shape index (κ2) is 8.09. The Balaban J connectivity index is 1.77. The van der Waals surface area contributed by atoms with Crippen molar-refractivity contribution in [1.29, 1.82) is 0 Å². The van der Waals surface area contributed by atoms with Crippen LogP contribution in [0.4, 0.5) is 5.13 Å². The van der Waals surface area contributed by atoms with E-state index in [1.165, 1.54) is 27.4 Å². The van der Waals surface area contributed by atoms with Gasteiger partial charge >= 0.3 is 0 Å².